The molecule has 2 heteroatoms. The summed E-state index contributed by atoms with van der Waals surface area (Å²) in [5.74, 6) is 3.04. The van der Waals surface area contributed by atoms with E-state index in [1.807, 2.05) is 11.8 Å². The molecule has 1 aromatic carbocycles. The second kappa shape index (κ2) is 6.97. The molecule has 0 saturated heterocycles. The van der Waals surface area contributed by atoms with Crippen molar-refractivity contribution in [2.24, 2.45) is 11.7 Å². The SMILES string of the molecule is Cc1ccccc1C(N)CSCCC(C)C. The summed E-state index contributed by atoms with van der Waals surface area (Å²) in [7, 11) is 0. The maximum Gasteiger partial charge on any atom is 0.0389 e. The minimum atomic E-state index is 0.179. The molecule has 0 fully saturated rings. The fourth-order valence-electron chi connectivity index (χ4n) is 1.62. The van der Waals surface area contributed by atoms with Crippen LogP contribution in [0, 0.1) is 12.8 Å². The highest BCUT2D eigenvalue weighted by Gasteiger charge is 2.08. The number of rotatable bonds is 6. The predicted octanol–water partition coefficient (Wildman–Crippen LogP) is 3.77. The first-order chi connectivity index (χ1) is 7.61. The molecule has 0 amide bonds. The molecule has 1 aromatic rings. The quantitative estimate of drug-likeness (QED) is 0.762. The van der Waals surface area contributed by atoms with Gasteiger partial charge in [-0.1, -0.05) is 38.1 Å². The number of thioether (sulfide) groups is 1. The zero-order valence-electron chi connectivity index (χ0n) is 10.6. The van der Waals surface area contributed by atoms with Crippen molar-refractivity contribution in [3.8, 4) is 0 Å². The van der Waals surface area contributed by atoms with Crippen LogP contribution in [0.2, 0.25) is 0 Å². The average Bonchev–Trinajstić information content (AvgIpc) is 2.24. The largest absolute Gasteiger partial charge is 0.323 e. The van der Waals surface area contributed by atoms with E-state index in [0.717, 1.165) is 11.7 Å². The molecular weight excluding hydrogens is 214 g/mol. The number of nitrogens with two attached hydrogens (primary N) is 1. The Balaban J connectivity index is 2.35. The Morgan fingerprint density at radius 1 is 1.25 bits per heavy atom. The van der Waals surface area contributed by atoms with Gasteiger partial charge in [-0.2, -0.15) is 11.8 Å². The van der Waals surface area contributed by atoms with Crippen molar-refractivity contribution in [3.05, 3.63) is 35.4 Å². The number of benzene rings is 1. The van der Waals surface area contributed by atoms with Gasteiger partial charge in [0.05, 0.1) is 0 Å². The fourth-order valence-corrected chi connectivity index (χ4v) is 2.86. The number of aryl methyl sites for hydroxylation is 1. The highest BCUT2D eigenvalue weighted by molar-refractivity contribution is 7.99. The number of hydrogen-bond acceptors (Lipinski definition) is 2. The maximum atomic E-state index is 6.19. The third-order valence-corrected chi connectivity index (χ3v) is 3.84. The topological polar surface area (TPSA) is 26.0 Å². The molecule has 0 saturated carbocycles. The summed E-state index contributed by atoms with van der Waals surface area (Å²) in [6.45, 7) is 6.66. The van der Waals surface area contributed by atoms with Crippen LogP contribution in [0.15, 0.2) is 24.3 Å². The van der Waals surface area contributed by atoms with E-state index < -0.39 is 0 Å². The van der Waals surface area contributed by atoms with Crippen molar-refractivity contribution in [2.75, 3.05) is 11.5 Å². The molecule has 1 rings (SSSR count). The Kier molecular flexibility index (Phi) is 5.93. The first-order valence-electron chi connectivity index (χ1n) is 6.00. The zero-order valence-corrected chi connectivity index (χ0v) is 11.4. The van der Waals surface area contributed by atoms with Gasteiger partial charge in [-0.25, -0.2) is 0 Å². The molecule has 2 N–H and O–H groups in total. The van der Waals surface area contributed by atoms with E-state index in [4.69, 9.17) is 5.73 Å². The second-order valence-electron chi connectivity index (χ2n) is 4.72. The molecule has 0 aliphatic carbocycles. The van der Waals surface area contributed by atoms with Gasteiger partial charge in [0.1, 0.15) is 0 Å². The number of hydrogen-bond donors (Lipinski definition) is 1. The summed E-state index contributed by atoms with van der Waals surface area (Å²) in [5, 5.41) is 0. The fraction of sp³-hybridized carbons (Fsp3) is 0.571. The summed E-state index contributed by atoms with van der Waals surface area (Å²) in [5.41, 5.74) is 8.79. The molecule has 0 aliphatic heterocycles. The molecule has 0 bridgehead atoms. The molecule has 1 unspecified atom stereocenters. The molecule has 1 nitrogen and oxygen atoms in total. The van der Waals surface area contributed by atoms with Crippen molar-refractivity contribution in [1.29, 1.82) is 0 Å². The van der Waals surface area contributed by atoms with Gasteiger partial charge in [0, 0.05) is 11.8 Å². The van der Waals surface area contributed by atoms with Crippen LogP contribution in [0.1, 0.15) is 37.4 Å². The van der Waals surface area contributed by atoms with Gasteiger partial charge in [-0.05, 0) is 36.1 Å². The summed E-state index contributed by atoms with van der Waals surface area (Å²) in [4.78, 5) is 0. The second-order valence-corrected chi connectivity index (χ2v) is 5.87. The Bertz CT molecular complexity index is 309. The van der Waals surface area contributed by atoms with Gasteiger partial charge in [0.15, 0.2) is 0 Å². The Morgan fingerprint density at radius 3 is 2.56 bits per heavy atom. The summed E-state index contributed by atoms with van der Waals surface area (Å²) in [6.07, 6.45) is 1.28. The van der Waals surface area contributed by atoms with E-state index in [0.29, 0.717) is 0 Å². The van der Waals surface area contributed by atoms with Gasteiger partial charge in [0.25, 0.3) is 0 Å². The van der Waals surface area contributed by atoms with E-state index in [9.17, 15) is 0 Å². The standard InChI is InChI=1S/C14H23NS/c1-11(2)8-9-16-10-14(15)13-7-5-4-6-12(13)3/h4-7,11,14H,8-10,15H2,1-3H3. The van der Waals surface area contributed by atoms with Crippen molar-refractivity contribution < 1.29 is 0 Å². The molecular formula is C14H23NS. The molecule has 0 heterocycles. The van der Waals surface area contributed by atoms with Crippen LogP contribution in [-0.2, 0) is 0 Å². The third-order valence-electron chi connectivity index (χ3n) is 2.72. The van der Waals surface area contributed by atoms with Crippen LogP contribution in [0.3, 0.4) is 0 Å². The molecule has 0 spiro atoms. The first kappa shape index (κ1) is 13.6. The third kappa shape index (κ3) is 4.58. The molecule has 0 radical (unpaired) electrons. The summed E-state index contributed by atoms with van der Waals surface area (Å²) >= 11 is 1.97. The first-order valence-corrected chi connectivity index (χ1v) is 7.15. The lowest BCUT2D eigenvalue weighted by Crippen LogP contribution is -2.14. The lowest BCUT2D eigenvalue weighted by molar-refractivity contribution is 0.631. The van der Waals surface area contributed by atoms with Gasteiger partial charge in [-0.15, -0.1) is 0 Å². The highest BCUT2D eigenvalue weighted by atomic mass is 32.2. The molecule has 16 heavy (non-hydrogen) atoms. The molecule has 0 aliphatic rings. The van der Waals surface area contributed by atoms with Gasteiger partial charge >= 0.3 is 0 Å². The average molecular weight is 237 g/mol. The smallest absolute Gasteiger partial charge is 0.0389 e. The van der Waals surface area contributed by atoms with E-state index in [1.54, 1.807) is 0 Å². The van der Waals surface area contributed by atoms with Gasteiger partial charge in [0.2, 0.25) is 0 Å². The van der Waals surface area contributed by atoms with Gasteiger partial charge in [-0.3, -0.25) is 0 Å². The maximum absolute atomic E-state index is 6.19. The summed E-state index contributed by atoms with van der Waals surface area (Å²) < 4.78 is 0. The van der Waals surface area contributed by atoms with Crippen molar-refractivity contribution in [3.63, 3.8) is 0 Å². The summed E-state index contributed by atoms with van der Waals surface area (Å²) in [6, 6.07) is 8.59. The lowest BCUT2D eigenvalue weighted by Gasteiger charge is -2.14. The predicted molar refractivity (Wildman–Crippen MR) is 74.9 cm³/mol. The Labute approximate surface area is 104 Å². The molecule has 90 valence electrons. The minimum absolute atomic E-state index is 0.179. The van der Waals surface area contributed by atoms with E-state index >= 15 is 0 Å². The zero-order chi connectivity index (χ0) is 12.0. The minimum Gasteiger partial charge on any atom is -0.323 e. The monoisotopic (exact) mass is 237 g/mol. The molecule has 0 aromatic heterocycles. The van der Waals surface area contributed by atoms with E-state index in [2.05, 4.69) is 45.0 Å². The normalized spacial score (nSPS) is 13.1. The van der Waals surface area contributed by atoms with Crippen LogP contribution in [0.5, 0.6) is 0 Å². The Morgan fingerprint density at radius 2 is 1.94 bits per heavy atom. The van der Waals surface area contributed by atoms with E-state index in [-0.39, 0.29) is 6.04 Å². The van der Waals surface area contributed by atoms with Crippen molar-refractivity contribution in [1.82, 2.24) is 0 Å². The van der Waals surface area contributed by atoms with Crippen LogP contribution < -0.4 is 5.73 Å². The van der Waals surface area contributed by atoms with Crippen LogP contribution in [-0.4, -0.2) is 11.5 Å². The highest BCUT2D eigenvalue weighted by Crippen LogP contribution is 2.20. The van der Waals surface area contributed by atoms with Crippen molar-refractivity contribution >= 4 is 11.8 Å². The van der Waals surface area contributed by atoms with E-state index in [1.165, 1.54) is 23.3 Å². The van der Waals surface area contributed by atoms with Crippen LogP contribution in [0.25, 0.3) is 0 Å². The van der Waals surface area contributed by atoms with Crippen LogP contribution >= 0.6 is 11.8 Å². The molecule has 1 atom stereocenters. The van der Waals surface area contributed by atoms with Crippen molar-refractivity contribution in [2.45, 2.75) is 33.2 Å². The van der Waals surface area contributed by atoms with Crippen LogP contribution in [0.4, 0.5) is 0 Å². The van der Waals surface area contributed by atoms with Gasteiger partial charge < -0.3 is 5.73 Å². The Hall–Kier alpha value is -0.470. The lowest BCUT2D eigenvalue weighted by atomic mass is 10.0.